The number of hydrogen-bond acceptors (Lipinski definition) is 6. The lowest BCUT2D eigenvalue weighted by molar-refractivity contribution is -0.645. The molecule has 260 valence electrons. The molecule has 8 nitrogen and oxygen atoms in total. The van der Waals surface area contributed by atoms with Crippen LogP contribution in [0.5, 0.6) is 0 Å². The number of amides is 2. The average molecular weight is 692 g/mol. The van der Waals surface area contributed by atoms with Crippen molar-refractivity contribution >= 4 is 17.8 Å². The Morgan fingerprint density at radius 2 is 1.54 bits per heavy atom. The van der Waals surface area contributed by atoms with Gasteiger partial charge in [0.25, 0.3) is 5.03 Å². The summed E-state index contributed by atoms with van der Waals surface area (Å²) in [7, 11) is 0. The molecule has 2 amide bonds. The van der Waals surface area contributed by atoms with Gasteiger partial charge in [-0.2, -0.15) is 4.73 Å². The van der Waals surface area contributed by atoms with Gasteiger partial charge in [0.15, 0.2) is 12.5 Å². The summed E-state index contributed by atoms with van der Waals surface area (Å²) in [4.78, 5) is 13.1. The molecule has 3 atom stereocenters. The molecule has 0 spiro atoms. The largest absolute Gasteiger partial charge is 0.618 e. The summed E-state index contributed by atoms with van der Waals surface area (Å²) in [6.45, 7) is 0.448. The number of pyridine rings is 1. The number of nitrogens with zero attached hydrogens (tertiary/aromatic N) is 1. The lowest BCUT2D eigenvalue weighted by Crippen LogP contribution is -2.61. The standard InChI is InChI=1S/C41H45N3O5S/c45-25-27-10-12-32(13-11-27)37-20-36(26-50-38-9-1-2-14-44(38)47)48-39(49-37)35-8-4-7-34(19-35)33-6-3-5-28(18-33)24-42-40(46)43-41-21-29-15-30(22-41)17-31(16-29)23-41/h1-14,18-19,29-31,36-37,39,45H,15-17,20-26H2,(H2,42,43,46). The molecule has 9 heteroatoms. The predicted molar refractivity (Wildman–Crippen MR) is 193 cm³/mol. The minimum absolute atomic E-state index is 0.0105. The minimum Gasteiger partial charge on any atom is -0.618 e. The highest BCUT2D eigenvalue weighted by Crippen LogP contribution is 2.55. The van der Waals surface area contributed by atoms with Crippen molar-refractivity contribution in [3.63, 3.8) is 0 Å². The first-order valence-corrected chi connectivity index (χ1v) is 19.0. The van der Waals surface area contributed by atoms with Crippen LogP contribution >= 0.6 is 11.8 Å². The first-order chi connectivity index (χ1) is 24.4. The van der Waals surface area contributed by atoms with Crippen molar-refractivity contribution < 1.29 is 24.1 Å². The number of hydrogen-bond donors (Lipinski definition) is 3. The van der Waals surface area contributed by atoms with Crippen molar-refractivity contribution in [2.45, 2.75) is 87.2 Å². The van der Waals surface area contributed by atoms with Gasteiger partial charge in [-0.1, -0.05) is 72.4 Å². The molecule has 4 bridgehead atoms. The quantitative estimate of drug-likeness (QED) is 0.0900. The van der Waals surface area contributed by atoms with Crippen molar-refractivity contribution in [1.29, 1.82) is 0 Å². The van der Waals surface area contributed by atoms with Crippen LogP contribution in [0.1, 0.15) is 79.6 Å². The third kappa shape index (κ3) is 7.42. The Labute approximate surface area is 298 Å². The summed E-state index contributed by atoms with van der Waals surface area (Å²) in [6.07, 6.45) is 8.63. The molecule has 5 fully saturated rings. The van der Waals surface area contributed by atoms with Gasteiger partial charge in [-0.15, -0.1) is 0 Å². The first kappa shape index (κ1) is 33.3. The van der Waals surface area contributed by atoms with Gasteiger partial charge >= 0.3 is 6.03 Å². The molecule has 2 heterocycles. The van der Waals surface area contributed by atoms with Crippen LogP contribution < -0.4 is 15.4 Å². The van der Waals surface area contributed by atoms with Gasteiger partial charge in [0.05, 0.1) is 18.8 Å². The SMILES string of the molecule is O=C(NCc1cccc(-c2cccc(C3OC(CSc4cccc[n+]4[O-])CC(c4ccc(CO)cc4)O3)c2)c1)NC12CC3CC(CC(C3)C1)C2. The van der Waals surface area contributed by atoms with Crippen molar-refractivity contribution in [1.82, 2.24) is 10.6 Å². The summed E-state index contributed by atoms with van der Waals surface area (Å²) < 4.78 is 14.0. The number of aliphatic hydroxyl groups excluding tert-OH is 1. The number of aromatic nitrogens is 1. The van der Waals surface area contributed by atoms with Crippen molar-refractivity contribution in [3.05, 3.63) is 125 Å². The second-order valence-electron chi connectivity index (χ2n) is 14.9. The molecule has 4 aliphatic carbocycles. The smallest absolute Gasteiger partial charge is 0.315 e. The number of carbonyl (C=O) groups excluding carboxylic acids is 1. The predicted octanol–water partition coefficient (Wildman–Crippen LogP) is 7.59. The van der Waals surface area contributed by atoms with E-state index in [0.29, 0.717) is 23.7 Å². The van der Waals surface area contributed by atoms with Crippen LogP contribution in [0, 0.1) is 23.0 Å². The molecule has 5 aliphatic rings. The Morgan fingerprint density at radius 1 is 0.820 bits per heavy atom. The molecule has 1 aromatic heterocycles. The Morgan fingerprint density at radius 3 is 2.26 bits per heavy atom. The fourth-order valence-corrected chi connectivity index (χ4v) is 10.1. The van der Waals surface area contributed by atoms with E-state index < -0.39 is 6.29 Å². The van der Waals surface area contributed by atoms with E-state index in [1.165, 1.54) is 37.2 Å². The molecule has 3 unspecified atom stereocenters. The fourth-order valence-electron chi connectivity index (χ4n) is 9.18. The number of thioether (sulfide) groups is 1. The molecule has 9 rings (SSSR count). The molecule has 1 aliphatic heterocycles. The molecule has 1 saturated heterocycles. The van der Waals surface area contributed by atoms with Gasteiger partial charge in [-0.25, -0.2) is 4.79 Å². The lowest BCUT2D eigenvalue weighted by atomic mass is 9.53. The lowest BCUT2D eigenvalue weighted by Gasteiger charge is -2.56. The molecule has 3 N–H and O–H groups in total. The maximum atomic E-state index is 13.1. The number of rotatable bonds is 10. The molecular formula is C41H45N3O5S. The Hall–Kier alpha value is -3.89. The zero-order valence-electron chi connectivity index (χ0n) is 28.2. The van der Waals surface area contributed by atoms with Crippen LogP contribution in [0.25, 0.3) is 11.1 Å². The van der Waals surface area contributed by atoms with E-state index in [1.807, 2.05) is 54.6 Å². The van der Waals surface area contributed by atoms with E-state index in [0.717, 1.165) is 75.1 Å². The van der Waals surface area contributed by atoms with Gasteiger partial charge in [-0.05, 0) is 102 Å². The molecular weight excluding hydrogens is 647 g/mol. The van der Waals surface area contributed by atoms with Gasteiger partial charge in [0, 0.05) is 42.0 Å². The fraction of sp³-hybridized carbons (Fsp3) is 0.415. The monoisotopic (exact) mass is 691 g/mol. The van der Waals surface area contributed by atoms with Crippen molar-refractivity contribution in [2.75, 3.05) is 5.75 Å². The highest BCUT2D eigenvalue weighted by Gasteiger charge is 2.51. The Kier molecular flexibility index (Phi) is 9.57. The van der Waals surface area contributed by atoms with Crippen LogP contribution in [0.15, 0.2) is 102 Å². The van der Waals surface area contributed by atoms with Gasteiger partial charge in [0.1, 0.15) is 0 Å². The van der Waals surface area contributed by atoms with Crippen LogP contribution in [0.2, 0.25) is 0 Å². The number of carbonyl (C=O) groups is 1. The molecule has 50 heavy (non-hydrogen) atoms. The van der Waals surface area contributed by atoms with Crippen LogP contribution in [0.3, 0.4) is 0 Å². The highest BCUT2D eigenvalue weighted by atomic mass is 32.2. The van der Waals surface area contributed by atoms with Gasteiger partial charge < -0.3 is 30.4 Å². The second kappa shape index (κ2) is 14.4. The van der Waals surface area contributed by atoms with Crippen molar-refractivity contribution in [3.8, 4) is 11.1 Å². The second-order valence-corrected chi connectivity index (χ2v) is 15.9. The van der Waals surface area contributed by atoms with E-state index in [9.17, 15) is 15.1 Å². The number of nitrogens with one attached hydrogen (secondary N) is 2. The molecule has 3 aromatic carbocycles. The van der Waals surface area contributed by atoms with E-state index in [2.05, 4.69) is 41.0 Å². The summed E-state index contributed by atoms with van der Waals surface area (Å²) in [5, 5.41) is 29.1. The zero-order chi connectivity index (χ0) is 34.1. The topological polar surface area (TPSA) is 107 Å². The highest BCUT2D eigenvalue weighted by molar-refractivity contribution is 7.99. The minimum atomic E-state index is -0.606. The third-order valence-electron chi connectivity index (χ3n) is 11.1. The van der Waals surface area contributed by atoms with Gasteiger partial charge in [0.2, 0.25) is 0 Å². The van der Waals surface area contributed by atoms with Crippen LogP contribution in [0.4, 0.5) is 4.79 Å². The Balaban J connectivity index is 0.955. The van der Waals surface area contributed by atoms with Crippen molar-refractivity contribution in [2.24, 2.45) is 17.8 Å². The summed E-state index contributed by atoms with van der Waals surface area (Å²) >= 11 is 1.48. The molecule has 4 saturated carbocycles. The zero-order valence-corrected chi connectivity index (χ0v) is 29.0. The number of urea groups is 1. The van der Waals surface area contributed by atoms with E-state index >= 15 is 0 Å². The van der Waals surface area contributed by atoms with Crippen LogP contribution in [-0.4, -0.2) is 28.5 Å². The average Bonchev–Trinajstić information content (AvgIpc) is 3.13. The van der Waals surface area contributed by atoms with E-state index in [-0.39, 0.29) is 30.4 Å². The van der Waals surface area contributed by atoms with E-state index in [1.54, 1.807) is 6.07 Å². The first-order valence-electron chi connectivity index (χ1n) is 18.0. The molecule has 4 aromatic rings. The van der Waals surface area contributed by atoms with Crippen LogP contribution in [-0.2, 0) is 22.6 Å². The van der Waals surface area contributed by atoms with Gasteiger partial charge in [-0.3, -0.25) is 0 Å². The summed E-state index contributed by atoms with van der Waals surface area (Å²) in [5.74, 6) is 2.95. The summed E-state index contributed by atoms with van der Waals surface area (Å²) in [5.41, 5.74) is 5.89. The third-order valence-corrected chi connectivity index (χ3v) is 12.3. The number of ether oxygens (including phenoxy) is 2. The normalized spacial score (nSPS) is 28.3. The number of benzene rings is 3. The molecule has 0 radical (unpaired) electrons. The Bertz CT molecular complexity index is 1780. The summed E-state index contributed by atoms with van der Waals surface area (Å²) in [6, 6.07) is 29.8. The maximum Gasteiger partial charge on any atom is 0.315 e. The number of aliphatic hydroxyl groups is 1. The maximum absolute atomic E-state index is 13.1. The van der Waals surface area contributed by atoms with E-state index in [4.69, 9.17) is 9.47 Å².